The van der Waals surface area contributed by atoms with Crippen LogP contribution in [0.2, 0.25) is 0 Å². The molecule has 1 aromatic heterocycles. The Morgan fingerprint density at radius 2 is 2.64 bits per heavy atom. The van der Waals surface area contributed by atoms with Crippen molar-refractivity contribution in [2.24, 2.45) is 5.73 Å². The minimum atomic E-state index is -0.0679. The average Bonchev–Trinajstić information content (AvgIpc) is 2.52. The summed E-state index contributed by atoms with van der Waals surface area (Å²) in [4.78, 5) is 11.8. The number of thiophene rings is 1. The monoisotopic (exact) mass is 169 g/mol. The van der Waals surface area contributed by atoms with Gasteiger partial charge in [0.15, 0.2) is 0 Å². The van der Waals surface area contributed by atoms with Crippen LogP contribution in [-0.2, 0) is 0 Å². The van der Waals surface area contributed by atoms with E-state index in [2.05, 4.69) is 11.4 Å². The molecule has 0 saturated carbocycles. The molecule has 1 heterocycles. The molecule has 0 aliphatic rings. The van der Waals surface area contributed by atoms with Crippen LogP contribution in [0, 0.1) is 6.07 Å². The highest BCUT2D eigenvalue weighted by Gasteiger charge is 2.03. The van der Waals surface area contributed by atoms with Crippen LogP contribution in [0.4, 0.5) is 0 Å². The van der Waals surface area contributed by atoms with E-state index in [-0.39, 0.29) is 5.91 Å². The molecule has 3 N–H and O–H groups in total. The van der Waals surface area contributed by atoms with Gasteiger partial charge >= 0.3 is 0 Å². The summed E-state index contributed by atoms with van der Waals surface area (Å²) < 4.78 is 0. The Morgan fingerprint density at radius 1 is 1.82 bits per heavy atom. The fourth-order valence-corrected chi connectivity index (χ4v) is 1.21. The number of hydrogen-bond donors (Lipinski definition) is 2. The highest BCUT2D eigenvalue weighted by atomic mass is 32.1. The first-order chi connectivity index (χ1) is 5.34. The molecule has 1 rings (SSSR count). The summed E-state index contributed by atoms with van der Waals surface area (Å²) in [6.45, 7) is 0.998. The molecule has 0 saturated heterocycles. The van der Waals surface area contributed by atoms with Gasteiger partial charge in [-0.25, -0.2) is 0 Å². The topological polar surface area (TPSA) is 55.1 Å². The lowest BCUT2D eigenvalue weighted by Crippen LogP contribution is -2.28. The molecule has 1 radical (unpaired) electrons. The summed E-state index contributed by atoms with van der Waals surface area (Å²) >= 11 is 1.37. The second-order valence-electron chi connectivity index (χ2n) is 1.96. The molecule has 59 valence electrons. The van der Waals surface area contributed by atoms with Gasteiger partial charge in [0.05, 0.1) is 4.88 Å². The Bertz CT molecular complexity index is 220. The van der Waals surface area contributed by atoms with Crippen molar-refractivity contribution in [2.45, 2.75) is 0 Å². The van der Waals surface area contributed by atoms with Crippen LogP contribution >= 0.6 is 11.3 Å². The van der Waals surface area contributed by atoms with Crippen molar-refractivity contribution in [3.8, 4) is 0 Å². The molecule has 0 fully saturated rings. The minimum absolute atomic E-state index is 0.0679. The zero-order chi connectivity index (χ0) is 8.10. The zero-order valence-corrected chi connectivity index (χ0v) is 6.78. The number of rotatable bonds is 3. The van der Waals surface area contributed by atoms with E-state index >= 15 is 0 Å². The predicted molar refractivity (Wildman–Crippen MR) is 44.5 cm³/mol. The van der Waals surface area contributed by atoms with Gasteiger partial charge in [0.2, 0.25) is 0 Å². The number of nitrogens with one attached hydrogen (secondary N) is 1. The molecule has 0 spiro atoms. The Kier molecular flexibility index (Phi) is 3.07. The van der Waals surface area contributed by atoms with Gasteiger partial charge in [-0.15, -0.1) is 11.3 Å². The maximum Gasteiger partial charge on any atom is 0.261 e. The number of carbonyl (C=O) groups excluding carboxylic acids is 1. The fraction of sp³-hybridized carbons (Fsp3) is 0.286. The lowest BCUT2D eigenvalue weighted by Gasteiger charge is -1.98. The third kappa shape index (κ3) is 2.32. The van der Waals surface area contributed by atoms with E-state index in [1.807, 2.05) is 0 Å². The van der Waals surface area contributed by atoms with Crippen LogP contribution in [0.3, 0.4) is 0 Å². The number of hydrogen-bond acceptors (Lipinski definition) is 3. The standard InChI is InChI=1S/C7H9N2OS/c8-3-4-9-7(10)6-2-1-5-11-6/h2,5H,3-4,8H2,(H,9,10). The van der Waals surface area contributed by atoms with Crippen molar-refractivity contribution in [3.63, 3.8) is 0 Å². The van der Waals surface area contributed by atoms with Crippen molar-refractivity contribution >= 4 is 17.2 Å². The molecule has 0 atom stereocenters. The van der Waals surface area contributed by atoms with Gasteiger partial charge in [0.25, 0.3) is 5.91 Å². The predicted octanol–water partition coefficient (Wildman–Crippen LogP) is 0.237. The van der Waals surface area contributed by atoms with Gasteiger partial charge in [0.1, 0.15) is 0 Å². The summed E-state index contributed by atoms with van der Waals surface area (Å²) in [5.41, 5.74) is 5.21. The normalized spacial score (nSPS) is 9.55. The maximum absolute atomic E-state index is 11.1. The van der Waals surface area contributed by atoms with Gasteiger partial charge in [-0.1, -0.05) is 0 Å². The largest absolute Gasteiger partial charge is 0.350 e. The van der Waals surface area contributed by atoms with Gasteiger partial charge in [0, 0.05) is 13.1 Å². The molecule has 0 aliphatic carbocycles. The van der Waals surface area contributed by atoms with Crippen molar-refractivity contribution in [1.29, 1.82) is 0 Å². The Labute approximate surface area is 69.2 Å². The van der Waals surface area contributed by atoms with Crippen molar-refractivity contribution < 1.29 is 4.79 Å². The molecule has 4 heteroatoms. The van der Waals surface area contributed by atoms with E-state index in [9.17, 15) is 4.79 Å². The van der Waals surface area contributed by atoms with Crippen LogP contribution in [-0.4, -0.2) is 19.0 Å². The fourth-order valence-electron chi connectivity index (χ4n) is 0.633. The first kappa shape index (κ1) is 8.23. The lowest BCUT2D eigenvalue weighted by atomic mass is 10.4. The van der Waals surface area contributed by atoms with Crippen molar-refractivity contribution in [2.75, 3.05) is 13.1 Å². The number of carbonyl (C=O) groups is 1. The van der Waals surface area contributed by atoms with Gasteiger partial charge in [-0.2, -0.15) is 0 Å². The molecule has 0 aromatic carbocycles. The highest BCUT2D eigenvalue weighted by molar-refractivity contribution is 7.12. The first-order valence-electron chi connectivity index (χ1n) is 3.27. The smallest absolute Gasteiger partial charge is 0.261 e. The van der Waals surface area contributed by atoms with Crippen LogP contribution in [0.25, 0.3) is 0 Å². The van der Waals surface area contributed by atoms with E-state index in [4.69, 9.17) is 5.73 Å². The van der Waals surface area contributed by atoms with Crippen LogP contribution < -0.4 is 11.1 Å². The van der Waals surface area contributed by atoms with Crippen LogP contribution in [0.1, 0.15) is 9.67 Å². The Balaban J connectivity index is 2.43. The second kappa shape index (κ2) is 4.10. The SMILES string of the molecule is NCCNC(=O)c1c[c]cs1. The number of nitrogens with two attached hydrogens (primary N) is 1. The average molecular weight is 169 g/mol. The zero-order valence-electron chi connectivity index (χ0n) is 5.96. The van der Waals surface area contributed by atoms with E-state index in [0.717, 1.165) is 0 Å². The summed E-state index contributed by atoms with van der Waals surface area (Å²) in [7, 11) is 0. The highest BCUT2D eigenvalue weighted by Crippen LogP contribution is 2.06. The van der Waals surface area contributed by atoms with Crippen LogP contribution in [0.5, 0.6) is 0 Å². The third-order valence-corrected chi connectivity index (χ3v) is 1.93. The van der Waals surface area contributed by atoms with Crippen molar-refractivity contribution in [1.82, 2.24) is 5.32 Å². The first-order valence-corrected chi connectivity index (χ1v) is 4.15. The van der Waals surface area contributed by atoms with Crippen molar-refractivity contribution in [3.05, 3.63) is 22.4 Å². The van der Waals surface area contributed by atoms with E-state index in [1.165, 1.54) is 11.3 Å². The quantitative estimate of drug-likeness (QED) is 0.681. The van der Waals surface area contributed by atoms with Gasteiger partial charge < -0.3 is 11.1 Å². The van der Waals surface area contributed by atoms with Gasteiger partial charge in [-0.05, 0) is 17.5 Å². The Morgan fingerprint density at radius 3 is 3.18 bits per heavy atom. The lowest BCUT2D eigenvalue weighted by molar-refractivity contribution is 0.0959. The van der Waals surface area contributed by atoms with Crippen LogP contribution in [0.15, 0.2) is 11.4 Å². The molecular formula is C7H9N2OS. The van der Waals surface area contributed by atoms with Gasteiger partial charge in [-0.3, -0.25) is 4.79 Å². The molecule has 0 aliphatic heterocycles. The maximum atomic E-state index is 11.1. The summed E-state index contributed by atoms with van der Waals surface area (Å²) in [5, 5.41) is 4.41. The second-order valence-corrected chi connectivity index (χ2v) is 2.87. The molecule has 11 heavy (non-hydrogen) atoms. The molecule has 1 amide bonds. The third-order valence-electron chi connectivity index (χ3n) is 1.12. The summed E-state index contributed by atoms with van der Waals surface area (Å²) in [6, 6.07) is 4.48. The molecule has 1 aromatic rings. The summed E-state index contributed by atoms with van der Waals surface area (Å²) in [6.07, 6.45) is 0. The van der Waals surface area contributed by atoms with E-state index < -0.39 is 0 Å². The Hall–Kier alpha value is -0.870. The molecule has 0 bridgehead atoms. The number of amides is 1. The molecule has 0 unspecified atom stereocenters. The minimum Gasteiger partial charge on any atom is -0.350 e. The van der Waals surface area contributed by atoms with E-state index in [1.54, 1.807) is 11.4 Å². The molecular weight excluding hydrogens is 160 g/mol. The van der Waals surface area contributed by atoms with E-state index in [0.29, 0.717) is 18.0 Å². The summed E-state index contributed by atoms with van der Waals surface area (Å²) in [5.74, 6) is -0.0679. The molecule has 3 nitrogen and oxygen atoms in total.